The fraction of sp³-hybridized carbons (Fsp3) is 0.158. The highest BCUT2D eigenvalue weighted by Gasteiger charge is 2.33. The lowest BCUT2D eigenvalue weighted by atomic mass is 9.89. The predicted octanol–water partition coefficient (Wildman–Crippen LogP) is 5.01. The topological polar surface area (TPSA) is 32.3 Å². The summed E-state index contributed by atoms with van der Waals surface area (Å²) in [7, 11) is 1.84. The Hall–Kier alpha value is -1.88. The number of Topliss-reactive ketones (excluding diaryl/α,β-unsaturated/α-hetero) is 1. The van der Waals surface area contributed by atoms with Crippen molar-refractivity contribution in [3.8, 4) is 0 Å². The maximum Gasteiger partial charge on any atom is 0.193 e. The normalized spacial score (nSPS) is 17.5. The van der Waals surface area contributed by atoms with Gasteiger partial charge in [0.05, 0.1) is 16.1 Å². The summed E-state index contributed by atoms with van der Waals surface area (Å²) >= 11 is 17.6. The summed E-state index contributed by atoms with van der Waals surface area (Å²) in [6.45, 7) is 1.90. The lowest BCUT2D eigenvalue weighted by Gasteiger charge is -2.36. The fourth-order valence-electron chi connectivity index (χ4n) is 2.82. The van der Waals surface area contributed by atoms with Crippen LogP contribution in [0.1, 0.15) is 28.9 Å². The summed E-state index contributed by atoms with van der Waals surface area (Å²) in [6, 6.07) is 14.2. The van der Waals surface area contributed by atoms with Crippen LogP contribution in [-0.4, -0.2) is 22.8 Å². The quantitative estimate of drug-likeness (QED) is 0.589. The van der Waals surface area contributed by atoms with Gasteiger partial charge in [-0.25, -0.2) is 0 Å². The Kier molecular flexibility index (Phi) is 5.13. The summed E-state index contributed by atoms with van der Waals surface area (Å²) in [6.07, 6.45) is 0. The third kappa shape index (κ3) is 3.43. The molecule has 1 aliphatic rings. The van der Waals surface area contributed by atoms with Crippen molar-refractivity contribution in [2.24, 2.45) is 0 Å². The number of halogens is 2. The molecule has 1 aliphatic heterocycles. The van der Waals surface area contributed by atoms with E-state index in [9.17, 15) is 4.79 Å². The molecule has 25 heavy (non-hydrogen) atoms. The Morgan fingerprint density at radius 2 is 1.80 bits per heavy atom. The molecule has 0 saturated carbocycles. The number of carbonyl (C=O) groups excluding carboxylic acids is 1. The van der Waals surface area contributed by atoms with Crippen molar-refractivity contribution in [2.75, 3.05) is 7.05 Å². The number of allylic oxidation sites excluding steroid dienone is 1. The van der Waals surface area contributed by atoms with E-state index in [0.29, 0.717) is 26.3 Å². The van der Waals surface area contributed by atoms with E-state index in [-0.39, 0.29) is 11.8 Å². The molecule has 1 N–H and O–H groups in total. The second kappa shape index (κ2) is 7.16. The molecule has 0 aromatic heterocycles. The molecule has 0 radical (unpaired) electrons. The molecule has 0 saturated heterocycles. The number of carbonyl (C=O) groups is 1. The maximum atomic E-state index is 13.2. The van der Waals surface area contributed by atoms with Crippen LogP contribution >= 0.6 is 35.4 Å². The van der Waals surface area contributed by atoms with Gasteiger partial charge in [-0.2, -0.15) is 0 Å². The third-order valence-electron chi connectivity index (χ3n) is 4.31. The van der Waals surface area contributed by atoms with Crippen molar-refractivity contribution < 1.29 is 4.79 Å². The van der Waals surface area contributed by atoms with Gasteiger partial charge < -0.3 is 10.2 Å². The van der Waals surface area contributed by atoms with Crippen molar-refractivity contribution in [2.45, 2.75) is 13.0 Å². The first-order valence-corrected chi connectivity index (χ1v) is 8.86. The highest BCUT2D eigenvalue weighted by molar-refractivity contribution is 7.80. The summed E-state index contributed by atoms with van der Waals surface area (Å²) in [4.78, 5) is 15.0. The maximum absolute atomic E-state index is 13.2. The van der Waals surface area contributed by atoms with Crippen molar-refractivity contribution >= 4 is 46.3 Å². The average Bonchev–Trinajstić information content (AvgIpc) is 2.62. The van der Waals surface area contributed by atoms with E-state index < -0.39 is 0 Å². The smallest absolute Gasteiger partial charge is 0.193 e. The van der Waals surface area contributed by atoms with Crippen LogP contribution in [0.4, 0.5) is 0 Å². The van der Waals surface area contributed by atoms with Gasteiger partial charge in [0, 0.05) is 23.9 Å². The second-order valence-corrected chi connectivity index (χ2v) is 7.01. The van der Waals surface area contributed by atoms with Crippen LogP contribution in [0, 0.1) is 0 Å². The summed E-state index contributed by atoms with van der Waals surface area (Å²) in [5.41, 5.74) is 2.92. The number of ketones is 1. The first-order chi connectivity index (χ1) is 11.9. The molecular formula is C19H16Cl2N2OS. The minimum absolute atomic E-state index is 0.0453. The summed E-state index contributed by atoms with van der Waals surface area (Å²) in [5, 5.41) is 4.70. The molecule has 0 spiro atoms. The van der Waals surface area contributed by atoms with E-state index in [1.807, 2.05) is 38.2 Å². The molecule has 1 heterocycles. The van der Waals surface area contributed by atoms with E-state index in [0.717, 1.165) is 11.3 Å². The number of hydrogen-bond acceptors (Lipinski definition) is 2. The van der Waals surface area contributed by atoms with Gasteiger partial charge in [0.1, 0.15) is 0 Å². The number of nitrogens with one attached hydrogen (secondary N) is 1. The molecular weight excluding hydrogens is 375 g/mol. The van der Waals surface area contributed by atoms with Gasteiger partial charge in [-0.15, -0.1) is 0 Å². The molecule has 2 aromatic carbocycles. The molecule has 1 atom stereocenters. The minimum Gasteiger partial charge on any atom is -0.351 e. The highest BCUT2D eigenvalue weighted by atomic mass is 35.5. The van der Waals surface area contributed by atoms with Crippen LogP contribution in [0.5, 0.6) is 0 Å². The standard InChI is InChI=1S/C19H16Cl2N2OS/c1-11-16(18(24)12-6-4-3-5-7-12)17(22-19(25)23(11)2)13-8-9-14(20)15(21)10-13/h3-10,17H,1-2H3,(H,22,25). The molecule has 3 rings (SSSR count). The van der Waals surface area contributed by atoms with E-state index >= 15 is 0 Å². The Morgan fingerprint density at radius 3 is 2.44 bits per heavy atom. The first kappa shape index (κ1) is 17.9. The van der Waals surface area contributed by atoms with Gasteiger partial charge in [-0.05, 0) is 36.8 Å². The van der Waals surface area contributed by atoms with Gasteiger partial charge in [-0.1, -0.05) is 59.6 Å². The number of thiocarbonyl (C=S) groups is 1. The zero-order valence-corrected chi connectivity index (χ0v) is 16.0. The van der Waals surface area contributed by atoms with Crippen LogP contribution < -0.4 is 5.32 Å². The van der Waals surface area contributed by atoms with E-state index in [1.165, 1.54) is 0 Å². The Morgan fingerprint density at radius 1 is 1.12 bits per heavy atom. The van der Waals surface area contributed by atoms with Gasteiger partial charge in [0.15, 0.2) is 10.9 Å². The highest BCUT2D eigenvalue weighted by Crippen LogP contribution is 2.34. The second-order valence-electron chi connectivity index (χ2n) is 5.81. The molecule has 6 heteroatoms. The van der Waals surface area contributed by atoms with Crippen molar-refractivity contribution in [3.05, 3.63) is 81.0 Å². The monoisotopic (exact) mass is 390 g/mol. The lowest BCUT2D eigenvalue weighted by Crippen LogP contribution is -2.45. The molecule has 3 nitrogen and oxygen atoms in total. The first-order valence-electron chi connectivity index (χ1n) is 7.70. The minimum atomic E-state index is -0.383. The summed E-state index contributed by atoms with van der Waals surface area (Å²) in [5.74, 6) is -0.0453. The predicted molar refractivity (Wildman–Crippen MR) is 106 cm³/mol. The van der Waals surface area contributed by atoms with Gasteiger partial charge in [0.2, 0.25) is 0 Å². The SMILES string of the molecule is CC1=C(C(=O)c2ccccc2)C(c2ccc(Cl)c(Cl)c2)NC(=S)N1C. The Balaban J connectivity index is 2.13. The zero-order chi connectivity index (χ0) is 18.1. The van der Waals surface area contributed by atoms with Crippen LogP contribution in [-0.2, 0) is 0 Å². The zero-order valence-electron chi connectivity index (χ0n) is 13.7. The average molecular weight is 391 g/mol. The van der Waals surface area contributed by atoms with Gasteiger partial charge >= 0.3 is 0 Å². The summed E-state index contributed by atoms with van der Waals surface area (Å²) < 4.78 is 0. The molecule has 0 bridgehead atoms. The van der Waals surface area contributed by atoms with Crippen LogP contribution in [0.3, 0.4) is 0 Å². The fourth-order valence-corrected chi connectivity index (χ4v) is 3.38. The van der Waals surface area contributed by atoms with Crippen molar-refractivity contribution in [1.82, 2.24) is 10.2 Å². The van der Waals surface area contributed by atoms with Crippen LogP contribution in [0.2, 0.25) is 10.0 Å². The Labute approximate surface area is 162 Å². The van der Waals surface area contributed by atoms with Crippen molar-refractivity contribution in [1.29, 1.82) is 0 Å². The molecule has 0 aliphatic carbocycles. The molecule has 2 aromatic rings. The van der Waals surface area contributed by atoms with Gasteiger partial charge in [0.25, 0.3) is 0 Å². The molecule has 1 unspecified atom stereocenters. The van der Waals surface area contributed by atoms with E-state index in [1.54, 1.807) is 29.2 Å². The van der Waals surface area contributed by atoms with Crippen LogP contribution in [0.15, 0.2) is 59.8 Å². The number of benzene rings is 2. The molecule has 0 fully saturated rings. The number of hydrogen-bond donors (Lipinski definition) is 1. The largest absolute Gasteiger partial charge is 0.351 e. The lowest BCUT2D eigenvalue weighted by molar-refractivity contribution is 0.102. The van der Waals surface area contributed by atoms with E-state index in [2.05, 4.69) is 5.32 Å². The van der Waals surface area contributed by atoms with Crippen LogP contribution in [0.25, 0.3) is 0 Å². The number of rotatable bonds is 3. The van der Waals surface area contributed by atoms with E-state index in [4.69, 9.17) is 35.4 Å². The van der Waals surface area contributed by atoms with Crippen molar-refractivity contribution in [3.63, 3.8) is 0 Å². The number of nitrogens with zero attached hydrogens (tertiary/aromatic N) is 1. The molecule has 128 valence electrons. The Bertz CT molecular complexity index is 880. The third-order valence-corrected chi connectivity index (χ3v) is 5.44. The molecule has 0 amide bonds. The van der Waals surface area contributed by atoms with Gasteiger partial charge in [-0.3, -0.25) is 4.79 Å².